The molecule has 5 nitrogen and oxygen atoms in total. The van der Waals surface area contributed by atoms with Gasteiger partial charge in [-0.05, 0) is 42.1 Å². The van der Waals surface area contributed by atoms with Gasteiger partial charge in [-0.15, -0.1) is 0 Å². The summed E-state index contributed by atoms with van der Waals surface area (Å²) < 4.78 is 2.09. The number of hydrogen-bond donors (Lipinski definition) is 1. The molecular formula is C12H14BrN3O2S. The molecule has 7 heteroatoms. The summed E-state index contributed by atoms with van der Waals surface area (Å²) in [6.07, 6.45) is 3.53. The van der Waals surface area contributed by atoms with Crippen LogP contribution in [0.4, 0.5) is 0 Å². The summed E-state index contributed by atoms with van der Waals surface area (Å²) in [7, 11) is -0.540. The zero-order valence-corrected chi connectivity index (χ0v) is 13.2. The quantitative estimate of drug-likeness (QED) is 0.672. The third kappa shape index (κ3) is 2.63. The fraction of sp³-hybridized carbons (Fsp3) is 0.333. The fourth-order valence-corrected chi connectivity index (χ4v) is 2.84. The summed E-state index contributed by atoms with van der Waals surface area (Å²) >= 11 is 3.25. The molecule has 2 rings (SSSR count). The standard InChI is InChI=1S/C12H14BrN3O2S/c1-4-16-10-8(5-9(13)11(16)18)6-14-12(15-10)19(3)7(2)17/h5-6,17H,4H2,1-3H3. The lowest BCUT2D eigenvalue weighted by atomic mass is 10.3. The van der Waals surface area contributed by atoms with Crippen molar-refractivity contribution in [1.82, 2.24) is 14.5 Å². The van der Waals surface area contributed by atoms with Gasteiger partial charge < -0.3 is 5.11 Å². The van der Waals surface area contributed by atoms with Gasteiger partial charge in [-0.25, -0.2) is 9.97 Å². The van der Waals surface area contributed by atoms with Gasteiger partial charge in [0.1, 0.15) is 5.65 Å². The molecule has 0 aliphatic rings. The first-order chi connectivity index (χ1) is 8.95. The highest BCUT2D eigenvalue weighted by molar-refractivity contribution is 9.10. The van der Waals surface area contributed by atoms with E-state index in [1.807, 2.05) is 13.2 Å². The minimum atomic E-state index is -0.540. The third-order valence-electron chi connectivity index (χ3n) is 2.79. The van der Waals surface area contributed by atoms with Crippen LogP contribution in [0.15, 0.2) is 26.7 Å². The Bertz CT molecular complexity index is 736. The third-order valence-corrected chi connectivity index (χ3v) is 4.99. The first-order valence-electron chi connectivity index (χ1n) is 5.70. The van der Waals surface area contributed by atoms with Gasteiger partial charge in [-0.2, -0.15) is 0 Å². The van der Waals surface area contributed by atoms with Crippen LogP contribution in [0.2, 0.25) is 0 Å². The zero-order chi connectivity index (χ0) is 14.2. The number of halogens is 1. The zero-order valence-electron chi connectivity index (χ0n) is 10.8. The largest absolute Gasteiger partial charge is 0.359 e. The summed E-state index contributed by atoms with van der Waals surface area (Å²) in [4.78, 5) is 20.7. The van der Waals surface area contributed by atoms with Gasteiger partial charge >= 0.3 is 0 Å². The molecule has 2 aromatic rings. The van der Waals surface area contributed by atoms with Gasteiger partial charge in [0.05, 0.1) is 9.52 Å². The predicted molar refractivity (Wildman–Crippen MR) is 82.3 cm³/mol. The van der Waals surface area contributed by atoms with E-state index in [1.54, 1.807) is 23.8 Å². The van der Waals surface area contributed by atoms with Crippen LogP contribution >= 0.6 is 26.4 Å². The Labute approximate surface area is 121 Å². The van der Waals surface area contributed by atoms with Crippen molar-refractivity contribution < 1.29 is 5.11 Å². The highest BCUT2D eigenvalue weighted by Gasteiger charge is 2.10. The van der Waals surface area contributed by atoms with E-state index in [-0.39, 0.29) is 10.6 Å². The first kappa shape index (κ1) is 14.4. The number of aliphatic hydroxyl groups is 1. The average molecular weight is 344 g/mol. The van der Waals surface area contributed by atoms with E-state index < -0.39 is 10.5 Å². The van der Waals surface area contributed by atoms with Crippen molar-refractivity contribution >= 4 is 42.5 Å². The molecule has 1 N–H and O–H groups in total. The summed E-state index contributed by atoms with van der Waals surface area (Å²) in [5.74, 6) is 0. The Morgan fingerprint density at radius 2 is 2.26 bits per heavy atom. The number of pyridine rings is 1. The summed E-state index contributed by atoms with van der Waals surface area (Å²) in [6, 6.07) is 1.72. The monoisotopic (exact) mass is 343 g/mol. The maximum Gasteiger partial charge on any atom is 0.266 e. The number of hydrogen-bond acceptors (Lipinski definition) is 3. The van der Waals surface area contributed by atoms with Crippen molar-refractivity contribution in [1.29, 1.82) is 0 Å². The molecule has 1 atom stereocenters. The summed E-state index contributed by atoms with van der Waals surface area (Å²) in [6.45, 7) is 4.06. The lowest BCUT2D eigenvalue weighted by Gasteiger charge is -2.10. The normalized spacial score (nSPS) is 13.6. The molecule has 2 aromatic heterocycles. The Morgan fingerprint density at radius 1 is 1.58 bits per heavy atom. The Hall–Kier alpha value is -1.05. The van der Waals surface area contributed by atoms with Gasteiger partial charge in [-0.3, -0.25) is 9.36 Å². The van der Waals surface area contributed by atoms with Gasteiger partial charge in [0.25, 0.3) is 5.56 Å². The van der Waals surface area contributed by atoms with E-state index in [2.05, 4.69) is 25.9 Å². The van der Waals surface area contributed by atoms with Crippen LogP contribution in [0.3, 0.4) is 0 Å². The van der Waals surface area contributed by atoms with Crippen molar-refractivity contribution in [2.45, 2.75) is 25.5 Å². The Kier molecular flexibility index (Phi) is 4.17. The van der Waals surface area contributed by atoms with Crippen molar-refractivity contribution in [3.8, 4) is 0 Å². The molecule has 0 radical (unpaired) electrons. The van der Waals surface area contributed by atoms with E-state index in [1.165, 1.54) is 0 Å². The number of nitrogens with zero attached hydrogens (tertiary/aromatic N) is 3. The highest BCUT2D eigenvalue weighted by Crippen LogP contribution is 2.22. The van der Waals surface area contributed by atoms with Crippen molar-refractivity contribution in [3.05, 3.63) is 27.1 Å². The fourth-order valence-electron chi connectivity index (χ4n) is 1.68. The van der Waals surface area contributed by atoms with E-state index in [4.69, 9.17) is 0 Å². The van der Waals surface area contributed by atoms with Crippen LogP contribution in [0.5, 0.6) is 0 Å². The van der Waals surface area contributed by atoms with Gasteiger partial charge in [-0.1, -0.05) is 10.5 Å². The van der Waals surface area contributed by atoms with Crippen LogP contribution in [0.1, 0.15) is 13.8 Å². The molecule has 0 saturated heterocycles. The van der Waals surface area contributed by atoms with Crippen molar-refractivity contribution in [2.75, 3.05) is 6.26 Å². The maximum atomic E-state index is 12.0. The average Bonchev–Trinajstić information content (AvgIpc) is 2.39. The smallest absolute Gasteiger partial charge is 0.266 e. The molecule has 0 amide bonds. The van der Waals surface area contributed by atoms with E-state index in [0.717, 1.165) is 5.39 Å². The molecule has 0 bridgehead atoms. The highest BCUT2D eigenvalue weighted by atomic mass is 79.9. The molecule has 0 aliphatic heterocycles. The van der Waals surface area contributed by atoms with Crippen LogP contribution in [0.25, 0.3) is 11.0 Å². The van der Waals surface area contributed by atoms with Gasteiger partial charge in [0, 0.05) is 18.1 Å². The second-order valence-corrected chi connectivity index (χ2v) is 6.83. The molecule has 102 valence electrons. The minimum Gasteiger partial charge on any atom is -0.359 e. The van der Waals surface area contributed by atoms with E-state index in [0.29, 0.717) is 21.8 Å². The van der Waals surface area contributed by atoms with Crippen molar-refractivity contribution in [2.24, 2.45) is 0 Å². The Morgan fingerprint density at radius 3 is 2.84 bits per heavy atom. The molecule has 2 heterocycles. The van der Waals surface area contributed by atoms with E-state index >= 15 is 0 Å². The van der Waals surface area contributed by atoms with Crippen LogP contribution in [0, 0.1) is 0 Å². The second kappa shape index (κ2) is 5.52. The van der Waals surface area contributed by atoms with Gasteiger partial charge in [0.2, 0.25) is 0 Å². The first-order valence-corrected chi connectivity index (χ1v) is 8.12. The summed E-state index contributed by atoms with van der Waals surface area (Å²) in [5, 5.41) is 11.2. The number of rotatable bonds is 2. The van der Waals surface area contributed by atoms with Crippen LogP contribution in [-0.4, -0.2) is 30.9 Å². The molecule has 0 aromatic carbocycles. The number of aliphatic hydroxyl groups excluding tert-OH is 1. The van der Waals surface area contributed by atoms with Crippen LogP contribution in [-0.2, 0) is 6.54 Å². The van der Waals surface area contributed by atoms with Crippen molar-refractivity contribution in [3.63, 3.8) is 0 Å². The molecular weight excluding hydrogens is 330 g/mol. The Balaban J connectivity index is 2.83. The van der Waals surface area contributed by atoms with Gasteiger partial charge in [0.15, 0.2) is 5.16 Å². The van der Waals surface area contributed by atoms with Crippen LogP contribution < -0.4 is 5.56 Å². The number of fused-ring (bicyclic) bond motifs is 1. The molecule has 0 aliphatic carbocycles. The van der Waals surface area contributed by atoms with E-state index in [9.17, 15) is 9.90 Å². The minimum absolute atomic E-state index is 0.111. The number of aryl methyl sites for hydroxylation is 1. The molecule has 0 saturated carbocycles. The second-order valence-electron chi connectivity index (χ2n) is 4.00. The SMILES string of the molecule is CCn1c(=O)c(Br)cc2cnc(/S(C)=C(\C)O)nc21. The number of aromatic nitrogens is 3. The molecule has 0 fully saturated rings. The lowest BCUT2D eigenvalue weighted by Crippen LogP contribution is -2.21. The molecule has 0 spiro atoms. The maximum absolute atomic E-state index is 12.0. The topological polar surface area (TPSA) is 68.0 Å². The molecule has 1 unspecified atom stereocenters. The molecule has 19 heavy (non-hydrogen) atoms. The predicted octanol–water partition coefficient (Wildman–Crippen LogP) is 2.54. The summed E-state index contributed by atoms with van der Waals surface area (Å²) in [5.41, 5.74) is 0.488. The lowest BCUT2D eigenvalue weighted by molar-refractivity contribution is 0.564.